The molecule has 1 heterocycles. The molecule has 1 unspecified atom stereocenters. The number of hydrogen-bond acceptors (Lipinski definition) is 2. The van der Waals surface area contributed by atoms with E-state index in [9.17, 15) is 0 Å². The van der Waals surface area contributed by atoms with Gasteiger partial charge in [-0.2, -0.15) is 0 Å². The highest BCUT2D eigenvalue weighted by Crippen LogP contribution is 2.37. The first-order chi connectivity index (χ1) is 7.66. The SMILES string of the molecule is CC(C)CCNC1CCCc2sc(Br)cc21. The van der Waals surface area contributed by atoms with Crippen molar-refractivity contribution >= 4 is 27.3 Å². The number of rotatable bonds is 4. The third-order valence-corrected chi connectivity index (χ3v) is 4.91. The highest BCUT2D eigenvalue weighted by molar-refractivity contribution is 9.11. The highest BCUT2D eigenvalue weighted by Gasteiger charge is 2.21. The Hall–Kier alpha value is 0.140. The molecule has 0 aliphatic heterocycles. The maximum absolute atomic E-state index is 3.71. The second-order valence-corrected chi connectivity index (χ2v) is 7.53. The normalized spacial score (nSPS) is 20.1. The number of thiophene rings is 1. The van der Waals surface area contributed by atoms with Crippen molar-refractivity contribution in [3.8, 4) is 0 Å². The van der Waals surface area contributed by atoms with Crippen molar-refractivity contribution in [2.75, 3.05) is 6.54 Å². The first-order valence-corrected chi connectivity index (χ1v) is 7.79. The molecule has 1 aliphatic carbocycles. The van der Waals surface area contributed by atoms with Crippen LogP contribution in [-0.2, 0) is 6.42 Å². The van der Waals surface area contributed by atoms with Crippen LogP contribution in [0.5, 0.6) is 0 Å². The molecule has 1 aliphatic rings. The van der Waals surface area contributed by atoms with Crippen molar-refractivity contribution in [2.24, 2.45) is 5.92 Å². The Kier molecular flexibility index (Phi) is 4.45. The van der Waals surface area contributed by atoms with Crippen LogP contribution in [0.1, 0.15) is 49.6 Å². The van der Waals surface area contributed by atoms with E-state index < -0.39 is 0 Å². The molecule has 1 atom stereocenters. The Labute approximate surface area is 111 Å². The fourth-order valence-electron chi connectivity index (χ4n) is 2.28. The summed E-state index contributed by atoms with van der Waals surface area (Å²) in [6.07, 6.45) is 5.18. The lowest BCUT2D eigenvalue weighted by Crippen LogP contribution is -2.25. The molecule has 0 saturated carbocycles. The maximum atomic E-state index is 3.71. The average Bonchev–Trinajstić information content (AvgIpc) is 2.58. The molecule has 0 spiro atoms. The largest absolute Gasteiger partial charge is 0.310 e. The van der Waals surface area contributed by atoms with Crippen molar-refractivity contribution in [1.82, 2.24) is 5.32 Å². The fourth-order valence-corrected chi connectivity index (χ4v) is 4.10. The van der Waals surface area contributed by atoms with Crippen LogP contribution >= 0.6 is 27.3 Å². The molecule has 16 heavy (non-hydrogen) atoms. The molecule has 0 radical (unpaired) electrons. The number of halogens is 1. The van der Waals surface area contributed by atoms with E-state index in [-0.39, 0.29) is 0 Å². The fraction of sp³-hybridized carbons (Fsp3) is 0.692. The average molecular weight is 302 g/mol. The molecule has 0 fully saturated rings. The zero-order valence-corrected chi connectivity index (χ0v) is 12.5. The van der Waals surface area contributed by atoms with Crippen LogP contribution in [0.3, 0.4) is 0 Å². The lowest BCUT2D eigenvalue weighted by Gasteiger charge is -2.24. The second-order valence-electron chi connectivity index (χ2n) is 5.01. The zero-order chi connectivity index (χ0) is 11.5. The Morgan fingerprint density at radius 1 is 1.56 bits per heavy atom. The molecule has 1 N–H and O–H groups in total. The topological polar surface area (TPSA) is 12.0 Å². The van der Waals surface area contributed by atoms with Crippen molar-refractivity contribution in [1.29, 1.82) is 0 Å². The summed E-state index contributed by atoms with van der Waals surface area (Å²) in [5, 5.41) is 3.71. The van der Waals surface area contributed by atoms with E-state index in [2.05, 4.69) is 41.2 Å². The monoisotopic (exact) mass is 301 g/mol. The Morgan fingerprint density at radius 2 is 2.38 bits per heavy atom. The molecule has 3 heteroatoms. The molecule has 2 rings (SSSR count). The van der Waals surface area contributed by atoms with Crippen molar-refractivity contribution in [3.63, 3.8) is 0 Å². The van der Waals surface area contributed by atoms with Crippen LogP contribution in [0, 0.1) is 5.92 Å². The maximum Gasteiger partial charge on any atom is 0.0704 e. The van der Waals surface area contributed by atoms with Crippen LogP contribution < -0.4 is 5.32 Å². The molecular formula is C13H20BrNS. The molecule has 0 bridgehead atoms. The van der Waals surface area contributed by atoms with E-state index in [1.807, 2.05) is 11.3 Å². The van der Waals surface area contributed by atoms with E-state index in [1.54, 1.807) is 10.4 Å². The standard InChI is InChI=1S/C13H20BrNS/c1-9(2)6-7-15-11-4-3-5-12-10(11)8-13(14)16-12/h8-9,11,15H,3-7H2,1-2H3. The van der Waals surface area contributed by atoms with Gasteiger partial charge in [-0.25, -0.2) is 0 Å². The first-order valence-electron chi connectivity index (χ1n) is 6.18. The highest BCUT2D eigenvalue weighted by atomic mass is 79.9. The van der Waals surface area contributed by atoms with Gasteiger partial charge < -0.3 is 5.32 Å². The van der Waals surface area contributed by atoms with Gasteiger partial charge in [0.15, 0.2) is 0 Å². The summed E-state index contributed by atoms with van der Waals surface area (Å²) in [5.74, 6) is 0.796. The summed E-state index contributed by atoms with van der Waals surface area (Å²) >= 11 is 5.51. The summed E-state index contributed by atoms with van der Waals surface area (Å²) in [6.45, 7) is 5.72. The molecule has 1 nitrogen and oxygen atoms in total. The first kappa shape index (κ1) is 12.6. The summed E-state index contributed by atoms with van der Waals surface area (Å²) < 4.78 is 1.29. The van der Waals surface area contributed by atoms with E-state index in [4.69, 9.17) is 0 Å². The van der Waals surface area contributed by atoms with E-state index in [0.717, 1.165) is 12.5 Å². The molecule has 0 amide bonds. The minimum atomic E-state index is 0.602. The van der Waals surface area contributed by atoms with Gasteiger partial charge in [0.2, 0.25) is 0 Å². The summed E-state index contributed by atoms with van der Waals surface area (Å²) in [6, 6.07) is 2.91. The molecule has 90 valence electrons. The third kappa shape index (κ3) is 3.08. The van der Waals surface area contributed by atoms with Gasteiger partial charge in [0.25, 0.3) is 0 Å². The molecule has 1 aromatic heterocycles. The van der Waals surface area contributed by atoms with E-state index >= 15 is 0 Å². The molecular weight excluding hydrogens is 282 g/mol. The minimum Gasteiger partial charge on any atom is -0.310 e. The van der Waals surface area contributed by atoms with Crippen molar-refractivity contribution in [3.05, 3.63) is 20.3 Å². The van der Waals surface area contributed by atoms with Crippen LogP contribution in [0.15, 0.2) is 9.85 Å². The Morgan fingerprint density at radius 3 is 3.12 bits per heavy atom. The third-order valence-electron chi connectivity index (χ3n) is 3.20. The van der Waals surface area contributed by atoms with Gasteiger partial charge in [0.1, 0.15) is 0 Å². The second kappa shape index (κ2) is 5.65. The van der Waals surface area contributed by atoms with Gasteiger partial charge in [-0.3, -0.25) is 0 Å². The Bertz CT molecular complexity index is 346. The quantitative estimate of drug-likeness (QED) is 0.862. The van der Waals surface area contributed by atoms with Crippen LogP contribution in [-0.4, -0.2) is 6.54 Å². The van der Waals surface area contributed by atoms with E-state index in [0.29, 0.717) is 6.04 Å². The van der Waals surface area contributed by atoms with Crippen LogP contribution in [0.2, 0.25) is 0 Å². The smallest absolute Gasteiger partial charge is 0.0704 e. The molecule has 0 saturated heterocycles. The summed E-state index contributed by atoms with van der Waals surface area (Å²) in [5.41, 5.74) is 1.55. The van der Waals surface area contributed by atoms with Gasteiger partial charge in [-0.05, 0) is 65.7 Å². The lowest BCUT2D eigenvalue weighted by atomic mass is 9.94. The van der Waals surface area contributed by atoms with Gasteiger partial charge in [-0.1, -0.05) is 13.8 Å². The molecule has 1 aromatic rings. The van der Waals surface area contributed by atoms with Crippen molar-refractivity contribution < 1.29 is 0 Å². The predicted octanol–water partition coefficient (Wildman–Crippen LogP) is 4.52. The number of nitrogens with one attached hydrogen (secondary N) is 1. The Balaban J connectivity index is 1.96. The lowest BCUT2D eigenvalue weighted by molar-refractivity contribution is 0.436. The van der Waals surface area contributed by atoms with Crippen LogP contribution in [0.4, 0.5) is 0 Å². The minimum absolute atomic E-state index is 0.602. The molecule has 0 aromatic carbocycles. The number of hydrogen-bond donors (Lipinski definition) is 1. The predicted molar refractivity (Wildman–Crippen MR) is 75.2 cm³/mol. The van der Waals surface area contributed by atoms with Gasteiger partial charge >= 0.3 is 0 Å². The van der Waals surface area contributed by atoms with Gasteiger partial charge in [-0.15, -0.1) is 11.3 Å². The number of aryl methyl sites for hydroxylation is 1. The zero-order valence-electron chi connectivity index (χ0n) is 10.1. The van der Waals surface area contributed by atoms with Crippen LogP contribution in [0.25, 0.3) is 0 Å². The van der Waals surface area contributed by atoms with Gasteiger partial charge in [0.05, 0.1) is 3.79 Å². The van der Waals surface area contributed by atoms with Gasteiger partial charge in [0, 0.05) is 10.9 Å². The summed E-state index contributed by atoms with van der Waals surface area (Å²) in [4.78, 5) is 1.58. The van der Waals surface area contributed by atoms with Crippen molar-refractivity contribution in [2.45, 2.75) is 45.6 Å². The number of fused-ring (bicyclic) bond motifs is 1. The summed E-state index contributed by atoms with van der Waals surface area (Å²) in [7, 11) is 0. The van der Waals surface area contributed by atoms with E-state index in [1.165, 1.54) is 29.5 Å².